The Morgan fingerprint density at radius 3 is 3.19 bits per heavy atom. The van der Waals surface area contributed by atoms with Crippen molar-refractivity contribution in [3.8, 4) is 0 Å². The van der Waals surface area contributed by atoms with E-state index >= 15 is 0 Å². The molecule has 1 N–H and O–H groups in total. The van der Waals surface area contributed by atoms with Crippen molar-refractivity contribution in [2.24, 2.45) is 5.92 Å². The van der Waals surface area contributed by atoms with Crippen LogP contribution in [0.3, 0.4) is 0 Å². The molecule has 88 valence electrons. The summed E-state index contributed by atoms with van der Waals surface area (Å²) in [6.07, 6.45) is 2.51. The van der Waals surface area contributed by atoms with E-state index in [4.69, 9.17) is 0 Å². The highest BCUT2D eigenvalue weighted by atomic mass is 32.1. The molecule has 0 saturated carbocycles. The Labute approximate surface area is 99.7 Å². The van der Waals surface area contributed by atoms with E-state index in [1.54, 1.807) is 18.4 Å². The van der Waals surface area contributed by atoms with E-state index < -0.39 is 0 Å². The number of nitrogens with zero attached hydrogens (tertiary/aromatic N) is 2. The monoisotopic (exact) mass is 239 g/mol. The molecule has 0 bridgehead atoms. The standard InChI is InChI=1S/C11H17N3OS/c1-8-4-3-5-14(6-8)11-13-9(7-16-11)10(15)12-2/h7-8H,3-6H2,1-2H3,(H,12,15). The van der Waals surface area contributed by atoms with Gasteiger partial charge in [-0.1, -0.05) is 6.92 Å². The first-order chi connectivity index (χ1) is 7.70. The van der Waals surface area contributed by atoms with Gasteiger partial charge in [0.05, 0.1) is 0 Å². The number of amides is 1. The number of nitrogens with one attached hydrogen (secondary N) is 1. The van der Waals surface area contributed by atoms with Crippen molar-refractivity contribution >= 4 is 22.4 Å². The topological polar surface area (TPSA) is 45.2 Å². The molecule has 5 heteroatoms. The summed E-state index contributed by atoms with van der Waals surface area (Å²) < 4.78 is 0. The quantitative estimate of drug-likeness (QED) is 0.855. The minimum absolute atomic E-state index is 0.104. The Morgan fingerprint density at radius 2 is 2.50 bits per heavy atom. The van der Waals surface area contributed by atoms with Gasteiger partial charge >= 0.3 is 0 Å². The lowest BCUT2D eigenvalue weighted by Gasteiger charge is -2.30. The maximum Gasteiger partial charge on any atom is 0.270 e. The zero-order valence-electron chi connectivity index (χ0n) is 9.69. The smallest absolute Gasteiger partial charge is 0.270 e. The van der Waals surface area contributed by atoms with Crippen LogP contribution in [-0.4, -0.2) is 31.0 Å². The van der Waals surface area contributed by atoms with E-state index in [9.17, 15) is 4.79 Å². The van der Waals surface area contributed by atoms with Crippen molar-refractivity contribution < 1.29 is 4.79 Å². The van der Waals surface area contributed by atoms with Crippen LogP contribution in [-0.2, 0) is 0 Å². The van der Waals surface area contributed by atoms with Gasteiger partial charge in [-0.15, -0.1) is 11.3 Å². The highest BCUT2D eigenvalue weighted by molar-refractivity contribution is 7.13. The highest BCUT2D eigenvalue weighted by Gasteiger charge is 2.20. The molecule has 2 heterocycles. The molecule has 1 atom stereocenters. The summed E-state index contributed by atoms with van der Waals surface area (Å²) in [4.78, 5) is 18.0. The first-order valence-electron chi connectivity index (χ1n) is 5.63. The Bertz CT molecular complexity index is 377. The van der Waals surface area contributed by atoms with Crippen molar-refractivity contribution in [3.05, 3.63) is 11.1 Å². The molecule has 1 unspecified atom stereocenters. The molecule has 1 aliphatic rings. The molecule has 1 aromatic rings. The van der Waals surface area contributed by atoms with Gasteiger partial charge in [-0.2, -0.15) is 0 Å². The number of aromatic nitrogens is 1. The summed E-state index contributed by atoms with van der Waals surface area (Å²) in [5.41, 5.74) is 0.528. The number of anilines is 1. The van der Waals surface area contributed by atoms with Crippen molar-refractivity contribution in [1.82, 2.24) is 10.3 Å². The summed E-state index contributed by atoms with van der Waals surface area (Å²) in [6, 6.07) is 0. The van der Waals surface area contributed by atoms with Gasteiger partial charge in [0.1, 0.15) is 5.69 Å². The lowest BCUT2D eigenvalue weighted by atomic mass is 10.0. The van der Waals surface area contributed by atoms with E-state index in [0.29, 0.717) is 5.69 Å². The molecule has 1 aromatic heterocycles. The van der Waals surface area contributed by atoms with Crippen molar-refractivity contribution in [3.63, 3.8) is 0 Å². The van der Waals surface area contributed by atoms with E-state index in [1.807, 2.05) is 5.38 Å². The van der Waals surface area contributed by atoms with Gasteiger partial charge in [0, 0.05) is 25.5 Å². The predicted octanol–water partition coefficient (Wildman–Crippen LogP) is 1.74. The molecule has 2 rings (SSSR count). The molecule has 0 aliphatic carbocycles. The van der Waals surface area contributed by atoms with Crippen LogP contribution in [0.5, 0.6) is 0 Å². The first-order valence-corrected chi connectivity index (χ1v) is 6.51. The lowest BCUT2D eigenvalue weighted by Crippen LogP contribution is -2.34. The fourth-order valence-corrected chi connectivity index (χ4v) is 2.85. The van der Waals surface area contributed by atoms with E-state index in [2.05, 4.69) is 22.1 Å². The number of hydrogen-bond donors (Lipinski definition) is 1. The average Bonchev–Trinajstić information content (AvgIpc) is 2.77. The van der Waals surface area contributed by atoms with Crippen LogP contribution in [0, 0.1) is 5.92 Å². The normalized spacial score (nSPS) is 20.9. The summed E-state index contributed by atoms with van der Waals surface area (Å²) in [7, 11) is 1.63. The number of carbonyl (C=O) groups is 1. The molecule has 1 fully saturated rings. The maximum atomic E-state index is 11.4. The zero-order chi connectivity index (χ0) is 11.5. The van der Waals surface area contributed by atoms with Crippen LogP contribution in [0.2, 0.25) is 0 Å². The second-order valence-electron chi connectivity index (χ2n) is 4.29. The average molecular weight is 239 g/mol. The van der Waals surface area contributed by atoms with Crippen molar-refractivity contribution in [1.29, 1.82) is 0 Å². The molecule has 1 aliphatic heterocycles. The number of thiazole rings is 1. The second kappa shape index (κ2) is 4.82. The molecule has 0 spiro atoms. The van der Waals surface area contributed by atoms with Gasteiger partial charge in [0.2, 0.25) is 0 Å². The largest absolute Gasteiger partial charge is 0.354 e. The fraction of sp³-hybridized carbons (Fsp3) is 0.636. The molecule has 1 amide bonds. The molecule has 0 aromatic carbocycles. The van der Waals surface area contributed by atoms with Crippen molar-refractivity contribution in [2.45, 2.75) is 19.8 Å². The molecule has 1 saturated heterocycles. The zero-order valence-corrected chi connectivity index (χ0v) is 10.5. The molecular weight excluding hydrogens is 222 g/mol. The minimum atomic E-state index is -0.104. The third kappa shape index (κ3) is 2.35. The van der Waals surface area contributed by atoms with Crippen LogP contribution in [0.25, 0.3) is 0 Å². The Hall–Kier alpha value is -1.10. The van der Waals surface area contributed by atoms with E-state index in [-0.39, 0.29) is 5.91 Å². The van der Waals surface area contributed by atoms with Gasteiger partial charge in [0.25, 0.3) is 5.91 Å². The summed E-state index contributed by atoms with van der Waals surface area (Å²) in [5, 5.41) is 5.40. The lowest BCUT2D eigenvalue weighted by molar-refractivity contribution is 0.0959. The number of rotatable bonds is 2. The van der Waals surface area contributed by atoms with Gasteiger partial charge in [0.15, 0.2) is 5.13 Å². The second-order valence-corrected chi connectivity index (χ2v) is 5.12. The molecule has 0 radical (unpaired) electrons. The van der Waals surface area contributed by atoms with Gasteiger partial charge in [-0.3, -0.25) is 4.79 Å². The van der Waals surface area contributed by atoms with Crippen LogP contribution < -0.4 is 10.2 Å². The third-order valence-electron chi connectivity index (χ3n) is 2.88. The van der Waals surface area contributed by atoms with Crippen molar-refractivity contribution in [2.75, 3.05) is 25.0 Å². The fourth-order valence-electron chi connectivity index (χ4n) is 2.01. The van der Waals surface area contributed by atoms with Crippen LogP contribution in [0.1, 0.15) is 30.3 Å². The Morgan fingerprint density at radius 1 is 1.69 bits per heavy atom. The van der Waals surface area contributed by atoms with Crippen LogP contribution in [0.15, 0.2) is 5.38 Å². The number of hydrogen-bond acceptors (Lipinski definition) is 4. The number of piperidine rings is 1. The van der Waals surface area contributed by atoms with Gasteiger partial charge < -0.3 is 10.2 Å². The predicted molar refractivity (Wildman–Crippen MR) is 66.1 cm³/mol. The van der Waals surface area contributed by atoms with Gasteiger partial charge in [-0.05, 0) is 18.8 Å². The first kappa shape index (κ1) is 11.4. The van der Waals surface area contributed by atoms with E-state index in [0.717, 1.165) is 24.1 Å². The number of carbonyl (C=O) groups excluding carboxylic acids is 1. The minimum Gasteiger partial charge on any atom is -0.354 e. The SMILES string of the molecule is CNC(=O)c1csc(N2CCCC(C)C2)n1. The third-order valence-corrected chi connectivity index (χ3v) is 3.78. The molecular formula is C11H17N3OS. The summed E-state index contributed by atoms with van der Waals surface area (Å²) in [6.45, 7) is 4.38. The van der Waals surface area contributed by atoms with Crippen LogP contribution in [0.4, 0.5) is 5.13 Å². The summed E-state index contributed by atoms with van der Waals surface area (Å²) >= 11 is 1.56. The Kier molecular flexibility index (Phi) is 3.43. The van der Waals surface area contributed by atoms with E-state index in [1.165, 1.54) is 12.8 Å². The van der Waals surface area contributed by atoms with Gasteiger partial charge in [-0.25, -0.2) is 4.98 Å². The highest BCUT2D eigenvalue weighted by Crippen LogP contribution is 2.25. The Balaban J connectivity index is 2.09. The van der Waals surface area contributed by atoms with Crippen LogP contribution >= 0.6 is 11.3 Å². The maximum absolute atomic E-state index is 11.4. The summed E-state index contributed by atoms with van der Waals surface area (Å²) in [5.74, 6) is 0.619. The molecule has 4 nitrogen and oxygen atoms in total. The molecule has 16 heavy (non-hydrogen) atoms.